The van der Waals surface area contributed by atoms with Crippen LogP contribution < -0.4 is 11.2 Å². The number of aromatic nitrogens is 3. The van der Waals surface area contributed by atoms with E-state index in [-0.39, 0.29) is 18.3 Å². The molecule has 0 bridgehead atoms. The molecule has 3 heterocycles. The number of hydrogen-bond donors (Lipinski definition) is 2. The Bertz CT molecular complexity index is 1400. The number of carbonyl (C=O) groups excluding carboxylic acids is 1. The lowest BCUT2D eigenvalue weighted by molar-refractivity contribution is -0.132. The van der Waals surface area contributed by atoms with E-state index in [1.807, 2.05) is 0 Å². The Balaban J connectivity index is 1.48. The summed E-state index contributed by atoms with van der Waals surface area (Å²) in [6, 6.07) is 11.3. The van der Waals surface area contributed by atoms with Crippen LogP contribution in [-0.2, 0) is 24.3 Å². The maximum absolute atomic E-state index is 13.7. The van der Waals surface area contributed by atoms with E-state index in [1.54, 1.807) is 35.2 Å². The molecule has 5 rings (SSSR count). The molecule has 2 aromatic carbocycles. The highest BCUT2D eigenvalue weighted by Gasteiger charge is 2.25. The van der Waals surface area contributed by atoms with Gasteiger partial charge in [0.25, 0.3) is 5.56 Å². The molecule has 2 aromatic heterocycles. The first-order valence-electron chi connectivity index (χ1n) is 9.30. The van der Waals surface area contributed by atoms with E-state index < -0.39 is 11.2 Å². The topological polar surface area (TPSA) is 91.0 Å². The molecule has 146 valence electrons. The van der Waals surface area contributed by atoms with Crippen molar-refractivity contribution in [2.45, 2.75) is 19.5 Å². The van der Waals surface area contributed by atoms with Gasteiger partial charge in [-0.1, -0.05) is 12.1 Å². The number of nitrogens with zero attached hydrogens (tertiary/aromatic N) is 2. The second-order valence-electron chi connectivity index (χ2n) is 7.20. The molecule has 0 saturated heterocycles. The van der Waals surface area contributed by atoms with Crippen LogP contribution in [0.4, 0.5) is 4.39 Å². The standard InChI is InChI=1S/C21H17FN4O3/c22-12-5-6-16-14(9-12)15-10-25(8-7-17(15)23-16)19(27)11-26-18-4-2-1-3-13(18)20(28)24-21(26)29/h1-6,9,23H,7-8,10-11H2,(H,24,28,29). The number of halogens is 1. The molecule has 7 nitrogen and oxygen atoms in total. The summed E-state index contributed by atoms with van der Waals surface area (Å²) in [6.07, 6.45) is 0.624. The molecule has 1 aliphatic heterocycles. The minimum Gasteiger partial charge on any atom is -0.358 e. The first kappa shape index (κ1) is 17.4. The van der Waals surface area contributed by atoms with Crippen molar-refractivity contribution in [1.82, 2.24) is 19.4 Å². The predicted octanol–water partition coefficient (Wildman–Crippen LogP) is 1.90. The lowest BCUT2D eigenvalue weighted by atomic mass is 10.0. The fourth-order valence-corrected chi connectivity index (χ4v) is 4.03. The van der Waals surface area contributed by atoms with Crippen molar-refractivity contribution in [3.63, 3.8) is 0 Å². The average molecular weight is 392 g/mol. The summed E-state index contributed by atoms with van der Waals surface area (Å²) in [5.41, 5.74) is 2.07. The summed E-state index contributed by atoms with van der Waals surface area (Å²) in [5.74, 6) is -0.560. The van der Waals surface area contributed by atoms with Crippen molar-refractivity contribution in [1.29, 1.82) is 0 Å². The number of H-pyrrole nitrogens is 2. The number of para-hydroxylation sites is 1. The number of amides is 1. The van der Waals surface area contributed by atoms with Gasteiger partial charge in [0.2, 0.25) is 5.91 Å². The van der Waals surface area contributed by atoms with Gasteiger partial charge in [0, 0.05) is 41.7 Å². The highest BCUT2D eigenvalue weighted by atomic mass is 19.1. The van der Waals surface area contributed by atoms with Crippen LogP contribution in [-0.4, -0.2) is 31.9 Å². The van der Waals surface area contributed by atoms with Gasteiger partial charge in [-0.3, -0.25) is 19.1 Å². The number of carbonyl (C=O) groups is 1. The summed E-state index contributed by atoms with van der Waals surface area (Å²) in [5, 5.41) is 1.12. The Morgan fingerprint density at radius 1 is 1.07 bits per heavy atom. The fraction of sp³-hybridized carbons (Fsp3) is 0.190. The normalized spacial score (nSPS) is 13.8. The van der Waals surface area contributed by atoms with Gasteiger partial charge in [0.05, 0.1) is 10.9 Å². The summed E-state index contributed by atoms with van der Waals surface area (Å²) in [7, 11) is 0. The zero-order chi connectivity index (χ0) is 20.1. The molecule has 0 atom stereocenters. The molecule has 1 amide bonds. The van der Waals surface area contributed by atoms with E-state index in [0.717, 1.165) is 22.2 Å². The van der Waals surface area contributed by atoms with Gasteiger partial charge in [-0.05, 0) is 30.3 Å². The molecule has 8 heteroatoms. The third kappa shape index (κ3) is 2.84. The average Bonchev–Trinajstić information content (AvgIpc) is 3.08. The third-order valence-corrected chi connectivity index (χ3v) is 5.49. The minimum atomic E-state index is -0.617. The number of hydrogen-bond acceptors (Lipinski definition) is 3. The van der Waals surface area contributed by atoms with E-state index >= 15 is 0 Å². The van der Waals surface area contributed by atoms with Crippen molar-refractivity contribution in [2.24, 2.45) is 0 Å². The second kappa shape index (κ2) is 6.44. The van der Waals surface area contributed by atoms with Crippen LogP contribution in [0.15, 0.2) is 52.1 Å². The van der Waals surface area contributed by atoms with Crippen molar-refractivity contribution in [2.75, 3.05) is 6.54 Å². The maximum atomic E-state index is 13.7. The number of fused-ring (bicyclic) bond motifs is 4. The van der Waals surface area contributed by atoms with Crippen LogP contribution in [0.5, 0.6) is 0 Å². The number of aromatic amines is 2. The third-order valence-electron chi connectivity index (χ3n) is 5.49. The fourth-order valence-electron chi connectivity index (χ4n) is 4.03. The van der Waals surface area contributed by atoms with Crippen LogP contribution in [0.1, 0.15) is 11.3 Å². The predicted molar refractivity (Wildman–Crippen MR) is 106 cm³/mol. The van der Waals surface area contributed by atoms with E-state index in [2.05, 4.69) is 9.97 Å². The minimum absolute atomic E-state index is 0.178. The molecule has 1 aliphatic rings. The summed E-state index contributed by atoms with van der Waals surface area (Å²) in [4.78, 5) is 44.5. The van der Waals surface area contributed by atoms with E-state index in [4.69, 9.17) is 0 Å². The van der Waals surface area contributed by atoms with Crippen LogP contribution in [0.25, 0.3) is 21.8 Å². The monoisotopic (exact) mass is 392 g/mol. The highest BCUT2D eigenvalue weighted by molar-refractivity contribution is 5.86. The molecule has 0 unspecified atom stereocenters. The SMILES string of the molecule is O=C(Cn1c(=O)[nH]c(=O)c2ccccc21)N1CCc2[nH]c3ccc(F)cc3c2C1. The van der Waals surface area contributed by atoms with Gasteiger partial charge < -0.3 is 9.88 Å². The molecule has 0 spiro atoms. The molecular weight excluding hydrogens is 375 g/mol. The molecule has 0 fully saturated rings. The lowest BCUT2D eigenvalue weighted by Gasteiger charge is -2.27. The Morgan fingerprint density at radius 2 is 1.90 bits per heavy atom. The van der Waals surface area contributed by atoms with Gasteiger partial charge in [0.1, 0.15) is 12.4 Å². The molecule has 2 N–H and O–H groups in total. The Hall–Kier alpha value is -3.68. The van der Waals surface area contributed by atoms with Gasteiger partial charge in [0.15, 0.2) is 0 Å². The first-order chi connectivity index (χ1) is 14.0. The van der Waals surface area contributed by atoms with Crippen molar-refractivity contribution < 1.29 is 9.18 Å². The van der Waals surface area contributed by atoms with E-state index in [9.17, 15) is 18.8 Å². The zero-order valence-electron chi connectivity index (χ0n) is 15.4. The number of nitrogens with one attached hydrogen (secondary N) is 2. The second-order valence-corrected chi connectivity index (χ2v) is 7.20. The first-order valence-corrected chi connectivity index (χ1v) is 9.30. The van der Waals surface area contributed by atoms with Crippen LogP contribution in [0.2, 0.25) is 0 Å². The van der Waals surface area contributed by atoms with Gasteiger partial charge in [-0.15, -0.1) is 0 Å². The van der Waals surface area contributed by atoms with E-state index in [1.165, 1.54) is 16.7 Å². The largest absolute Gasteiger partial charge is 0.358 e. The lowest BCUT2D eigenvalue weighted by Crippen LogP contribution is -2.41. The molecule has 0 saturated carbocycles. The Morgan fingerprint density at radius 3 is 2.76 bits per heavy atom. The van der Waals surface area contributed by atoms with Crippen LogP contribution in [0, 0.1) is 5.82 Å². The van der Waals surface area contributed by atoms with Crippen molar-refractivity contribution in [3.05, 3.63) is 80.4 Å². The summed E-state index contributed by atoms with van der Waals surface area (Å²) < 4.78 is 15.0. The Labute approximate surface area is 163 Å². The highest BCUT2D eigenvalue weighted by Crippen LogP contribution is 2.28. The van der Waals surface area contributed by atoms with Gasteiger partial charge in [-0.25, -0.2) is 9.18 Å². The molecule has 29 heavy (non-hydrogen) atoms. The maximum Gasteiger partial charge on any atom is 0.329 e. The smallest absolute Gasteiger partial charge is 0.329 e. The molecule has 0 radical (unpaired) electrons. The van der Waals surface area contributed by atoms with Crippen molar-refractivity contribution >= 4 is 27.7 Å². The summed E-state index contributed by atoms with van der Waals surface area (Å²) >= 11 is 0. The van der Waals surface area contributed by atoms with E-state index in [0.29, 0.717) is 30.4 Å². The van der Waals surface area contributed by atoms with Crippen LogP contribution >= 0.6 is 0 Å². The van der Waals surface area contributed by atoms with Gasteiger partial charge >= 0.3 is 5.69 Å². The molecular formula is C21H17FN4O3. The summed E-state index contributed by atoms with van der Waals surface area (Å²) in [6.45, 7) is 0.660. The number of rotatable bonds is 2. The quantitative estimate of drug-likeness (QED) is 0.546. The zero-order valence-corrected chi connectivity index (χ0v) is 15.4. The Kier molecular flexibility index (Phi) is 3.87. The van der Waals surface area contributed by atoms with Crippen molar-refractivity contribution in [3.8, 4) is 0 Å². The molecule has 0 aliphatic carbocycles. The molecule has 4 aromatic rings. The van der Waals surface area contributed by atoms with Gasteiger partial charge in [-0.2, -0.15) is 0 Å². The van der Waals surface area contributed by atoms with Crippen LogP contribution in [0.3, 0.4) is 0 Å². The number of benzene rings is 2.